The van der Waals surface area contributed by atoms with Crippen LogP contribution in [-0.4, -0.2) is 20.0 Å². The van der Waals surface area contributed by atoms with Gasteiger partial charge in [0.2, 0.25) is 5.91 Å². The Morgan fingerprint density at radius 2 is 2.04 bits per heavy atom. The average Bonchev–Trinajstić information content (AvgIpc) is 2.86. The van der Waals surface area contributed by atoms with Crippen LogP contribution in [0.4, 0.5) is 18.9 Å². The molecule has 1 aliphatic rings. The molecule has 0 bridgehead atoms. The van der Waals surface area contributed by atoms with Crippen molar-refractivity contribution in [2.75, 3.05) is 5.32 Å². The van der Waals surface area contributed by atoms with Crippen molar-refractivity contribution in [2.45, 2.75) is 23.9 Å². The molecule has 1 heterocycles. The normalized spacial score (nSPS) is 22.2. The van der Waals surface area contributed by atoms with Gasteiger partial charge in [-0.2, -0.15) is 18.3 Å². The third-order valence-corrected chi connectivity index (χ3v) is 5.18. The van der Waals surface area contributed by atoms with Gasteiger partial charge in [0, 0.05) is 12.4 Å². The van der Waals surface area contributed by atoms with Crippen molar-refractivity contribution in [1.82, 2.24) is 9.78 Å². The highest BCUT2D eigenvalue weighted by Crippen LogP contribution is 2.64. The standard InChI is InChI=1S/C15H12Cl2F3N3O/c1-13(8-14(13,16)17)12(24)22-10-7-9(15(18,19)20)3-4-11(10)23-6-2-5-21-23/h2-7H,8H2,1H3,(H,22,24)/t13-/m1/s1. The summed E-state index contributed by atoms with van der Waals surface area (Å²) in [6.45, 7) is 1.56. The zero-order valence-electron chi connectivity index (χ0n) is 12.4. The molecule has 1 amide bonds. The summed E-state index contributed by atoms with van der Waals surface area (Å²) < 4.78 is 39.1. The van der Waals surface area contributed by atoms with Crippen LogP contribution in [0.2, 0.25) is 0 Å². The Hall–Kier alpha value is -1.73. The van der Waals surface area contributed by atoms with E-state index in [0.29, 0.717) is 5.69 Å². The fraction of sp³-hybridized carbons (Fsp3) is 0.333. The lowest BCUT2D eigenvalue weighted by atomic mass is 10.1. The zero-order valence-corrected chi connectivity index (χ0v) is 13.9. The van der Waals surface area contributed by atoms with Gasteiger partial charge in [-0.1, -0.05) is 0 Å². The fourth-order valence-corrected chi connectivity index (χ4v) is 3.04. The second kappa shape index (κ2) is 5.39. The molecular weight excluding hydrogens is 366 g/mol. The molecule has 1 saturated carbocycles. The maximum absolute atomic E-state index is 13.0. The minimum absolute atomic E-state index is 0.0178. The number of benzene rings is 1. The Labute approximate surface area is 145 Å². The Kier molecular flexibility index (Phi) is 3.84. The van der Waals surface area contributed by atoms with Crippen molar-refractivity contribution in [3.63, 3.8) is 0 Å². The van der Waals surface area contributed by atoms with E-state index in [4.69, 9.17) is 23.2 Å². The number of nitrogens with zero attached hydrogens (tertiary/aromatic N) is 2. The van der Waals surface area contributed by atoms with Gasteiger partial charge in [-0.15, -0.1) is 23.2 Å². The van der Waals surface area contributed by atoms with Crippen LogP contribution in [0.25, 0.3) is 5.69 Å². The van der Waals surface area contributed by atoms with E-state index in [1.54, 1.807) is 19.2 Å². The van der Waals surface area contributed by atoms with Crippen LogP contribution in [0.3, 0.4) is 0 Å². The monoisotopic (exact) mass is 377 g/mol. The smallest absolute Gasteiger partial charge is 0.324 e. The SMILES string of the molecule is C[C@]1(C(=O)Nc2cc(C(F)(F)F)ccc2-n2cccn2)CC1(Cl)Cl. The van der Waals surface area contributed by atoms with E-state index in [2.05, 4.69) is 10.4 Å². The number of halogens is 5. The summed E-state index contributed by atoms with van der Waals surface area (Å²) in [6, 6.07) is 4.66. The van der Waals surface area contributed by atoms with Crippen LogP contribution in [0.15, 0.2) is 36.7 Å². The van der Waals surface area contributed by atoms with Crippen LogP contribution in [0.5, 0.6) is 0 Å². The maximum atomic E-state index is 13.0. The largest absolute Gasteiger partial charge is 0.416 e. The Balaban J connectivity index is 1.99. The van der Waals surface area contributed by atoms with Gasteiger partial charge in [0.25, 0.3) is 0 Å². The number of alkyl halides is 5. The highest BCUT2D eigenvalue weighted by atomic mass is 35.5. The van der Waals surface area contributed by atoms with Crippen molar-refractivity contribution in [3.05, 3.63) is 42.2 Å². The molecule has 128 valence electrons. The summed E-state index contributed by atoms with van der Waals surface area (Å²) in [6.07, 6.45) is -1.27. The quantitative estimate of drug-likeness (QED) is 0.805. The second-order valence-electron chi connectivity index (χ2n) is 5.85. The first-order valence-corrected chi connectivity index (χ1v) is 7.71. The van der Waals surface area contributed by atoms with Gasteiger partial charge in [0.1, 0.15) is 4.33 Å². The van der Waals surface area contributed by atoms with Crippen molar-refractivity contribution in [1.29, 1.82) is 0 Å². The summed E-state index contributed by atoms with van der Waals surface area (Å²) in [5.41, 5.74) is -1.64. The molecule has 0 unspecified atom stereocenters. The second-order valence-corrected chi connectivity index (χ2v) is 7.33. The first kappa shape index (κ1) is 17.1. The number of anilines is 1. The van der Waals surface area contributed by atoms with Crippen LogP contribution in [-0.2, 0) is 11.0 Å². The summed E-state index contributed by atoms with van der Waals surface area (Å²) in [4.78, 5) is 12.4. The van der Waals surface area contributed by atoms with E-state index >= 15 is 0 Å². The molecule has 0 saturated heterocycles. The molecule has 24 heavy (non-hydrogen) atoms. The van der Waals surface area contributed by atoms with Gasteiger partial charge in [-0.25, -0.2) is 4.68 Å². The van der Waals surface area contributed by atoms with Crippen molar-refractivity contribution >= 4 is 34.8 Å². The number of rotatable bonds is 3. The van der Waals surface area contributed by atoms with Gasteiger partial charge in [-0.3, -0.25) is 4.79 Å². The topological polar surface area (TPSA) is 46.9 Å². The molecule has 1 aromatic heterocycles. The lowest BCUT2D eigenvalue weighted by Gasteiger charge is -2.17. The Morgan fingerprint density at radius 3 is 2.54 bits per heavy atom. The molecule has 1 N–H and O–H groups in total. The molecule has 2 aromatic rings. The molecule has 1 aromatic carbocycles. The fourth-order valence-electron chi connectivity index (χ4n) is 2.33. The summed E-state index contributed by atoms with van der Waals surface area (Å²) in [5, 5.41) is 6.49. The summed E-state index contributed by atoms with van der Waals surface area (Å²) in [5.74, 6) is -0.541. The lowest BCUT2D eigenvalue weighted by Crippen LogP contribution is -2.26. The van der Waals surface area contributed by atoms with E-state index in [1.807, 2.05) is 0 Å². The minimum atomic E-state index is -4.53. The third-order valence-electron chi connectivity index (χ3n) is 4.08. The highest BCUT2D eigenvalue weighted by Gasteiger charge is 2.68. The molecule has 1 atom stereocenters. The molecule has 9 heteroatoms. The van der Waals surface area contributed by atoms with Crippen molar-refractivity contribution in [3.8, 4) is 5.69 Å². The van der Waals surface area contributed by atoms with E-state index in [9.17, 15) is 18.0 Å². The number of hydrogen-bond donors (Lipinski definition) is 1. The van der Waals surface area contributed by atoms with E-state index in [-0.39, 0.29) is 12.1 Å². The van der Waals surface area contributed by atoms with Crippen molar-refractivity contribution < 1.29 is 18.0 Å². The molecule has 0 radical (unpaired) electrons. The Bertz CT molecular complexity index is 790. The maximum Gasteiger partial charge on any atom is 0.416 e. The molecular formula is C15H12Cl2F3N3O. The van der Waals surface area contributed by atoms with Gasteiger partial charge >= 0.3 is 6.18 Å². The molecule has 4 nitrogen and oxygen atoms in total. The first-order valence-electron chi connectivity index (χ1n) is 6.95. The van der Waals surface area contributed by atoms with Crippen LogP contribution < -0.4 is 5.32 Å². The molecule has 0 aliphatic heterocycles. The van der Waals surface area contributed by atoms with Crippen LogP contribution in [0.1, 0.15) is 18.9 Å². The Morgan fingerprint density at radius 1 is 1.38 bits per heavy atom. The zero-order chi connectivity index (χ0) is 17.8. The number of aromatic nitrogens is 2. The molecule has 3 rings (SSSR count). The third kappa shape index (κ3) is 2.86. The van der Waals surface area contributed by atoms with E-state index in [0.717, 1.165) is 12.1 Å². The molecule has 1 aliphatic carbocycles. The number of carbonyl (C=O) groups is 1. The van der Waals surface area contributed by atoms with Crippen LogP contribution in [0, 0.1) is 5.41 Å². The predicted molar refractivity (Wildman–Crippen MR) is 84.4 cm³/mol. The summed E-state index contributed by atoms with van der Waals surface area (Å²) >= 11 is 11.9. The van der Waals surface area contributed by atoms with Gasteiger partial charge in [-0.05, 0) is 37.6 Å². The van der Waals surface area contributed by atoms with Gasteiger partial charge < -0.3 is 5.32 Å². The summed E-state index contributed by atoms with van der Waals surface area (Å²) in [7, 11) is 0. The van der Waals surface area contributed by atoms with Crippen molar-refractivity contribution in [2.24, 2.45) is 5.41 Å². The number of carbonyl (C=O) groups excluding carboxylic acids is 1. The number of amides is 1. The number of hydrogen-bond acceptors (Lipinski definition) is 2. The van der Waals surface area contributed by atoms with Gasteiger partial charge in [0.05, 0.1) is 22.4 Å². The van der Waals surface area contributed by atoms with Gasteiger partial charge in [0.15, 0.2) is 0 Å². The first-order chi connectivity index (χ1) is 11.0. The molecule has 0 spiro atoms. The lowest BCUT2D eigenvalue weighted by molar-refractivity contribution is -0.137. The average molecular weight is 378 g/mol. The molecule has 1 fully saturated rings. The van der Waals surface area contributed by atoms with Crippen LogP contribution >= 0.6 is 23.2 Å². The van der Waals surface area contributed by atoms with E-state index in [1.165, 1.54) is 16.9 Å². The van der Waals surface area contributed by atoms with E-state index < -0.39 is 27.4 Å². The highest BCUT2D eigenvalue weighted by molar-refractivity contribution is 6.53. The predicted octanol–water partition coefficient (Wildman–Crippen LogP) is 4.41. The number of nitrogens with one attached hydrogen (secondary N) is 1. The minimum Gasteiger partial charge on any atom is -0.324 e.